The number of nitrogens with one attached hydrogen (secondary N) is 4. The first-order valence-electron chi connectivity index (χ1n) is 12.0. The summed E-state index contributed by atoms with van der Waals surface area (Å²) < 4.78 is 37.6. The number of carbonyl (C=O) groups is 6. The lowest BCUT2D eigenvalue weighted by molar-refractivity contribution is -0.192. The standard InChI is InChI=1S/C24H21N5O7.C2HF3O2/c1-13-10-15(17-4-2-3-5-18(17)26-13)11-36-16-8-6-14(7-9-16)19(30)25-12-24(29-23(34)35)20(31)27-22(33)28-21(24)32;3-2(4,5)1(6)7/h2-10,29H,11-12H2,1H3,(H,25,30)(H,34,35)(H2,27,28,31,32,33);(H,6,7). The molecule has 0 aliphatic carbocycles. The fraction of sp³-hybridized carbons (Fsp3) is 0.192. The molecule has 0 atom stereocenters. The van der Waals surface area contributed by atoms with Crippen molar-refractivity contribution in [1.29, 1.82) is 0 Å². The van der Waals surface area contributed by atoms with Crippen LogP contribution in [0.3, 0.4) is 0 Å². The van der Waals surface area contributed by atoms with E-state index in [4.69, 9.17) is 19.7 Å². The summed E-state index contributed by atoms with van der Waals surface area (Å²) in [5, 5.41) is 24.9. The van der Waals surface area contributed by atoms with Crippen molar-refractivity contribution < 1.29 is 56.9 Å². The first-order chi connectivity index (χ1) is 20.1. The van der Waals surface area contributed by atoms with Crippen LogP contribution >= 0.6 is 0 Å². The van der Waals surface area contributed by atoms with Gasteiger partial charge in [-0.1, -0.05) is 18.2 Å². The zero-order valence-electron chi connectivity index (χ0n) is 21.9. The Bertz CT molecular complexity index is 1570. The molecule has 4 rings (SSSR count). The number of barbiturate groups is 1. The Hall–Kier alpha value is -5.74. The molecule has 1 aliphatic heterocycles. The van der Waals surface area contributed by atoms with E-state index in [1.165, 1.54) is 12.1 Å². The molecule has 1 aromatic heterocycles. The second-order valence-corrected chi connectivity index (χ2v) is 8.81. The molecule has 6 N–H and O–H groups in total. The highest BCUT2D eigenvalue weighted by atomic mass is 19.4. The molecule has 17 heteroatoms. The predicted molar refractivity (Wildman–Crippen MR) is 139 cm³/mol. The van der Waals surface area contributed by atoms with Gasteiger partial charge in [0, 0.05) is 22.2 Å². The summed E-state index contributed by atoms with van der Waals surface area (Å²) in [6.07, 6.45) is -6.78. The maximum Gasteiger partial charge on any atom is 0.490 e. The molecule has 0 bridgehead atoms. The topological polar surface area (TPSA) is 213 Å². The van der Waals surface area contributed by atoms with Crippen molar-refractivity contribution in [3.05, 3.63) is 71.4 Å². The third-order valence-corrected chi connectivity index (χ3v) is 5.75. The zero-order chi connectivity index (χ0) is 31.9. The highest BCUT2D eigenvalue weighted by molar-refractivity contribution is 6.23. The number of carboxylic acid groups (broad SMARTS) is 2. The molecule has 0 radical (unpaired) electrons. The number of amides is 6. The number of para-hydroxylation sites is 1. The van der Waals surface area contributed by atoms with Gasteiger partial charge in [-0.3, -0.25) is 35.3 Å². The molecule has 3 aromatic rings. The quantitative estimate of drug-likeness (QED) is 0.215. The molecule has 0 unspecified atom stereocenters. The van der Waals surface area contributed by atoms with Crippen molar-refractivity contribution in [3.8, 4) is 5.75 Å². The van der Waals surface area contributed by atoms with Gasteiger partial charge in [0.15, 0.2) is 0 Å². The molecule has 226 valence electrons. The molecular weight excluding hydrogens is 583 g/mol. The molecule has 6 amide bonds. The Morgan fingerprint density at radius 1 is 0.977 bits per heavy atom. The first kappa shape index (κ1) is 31.8. The number of aryl methyl sites for hydroxylation is 1. The van der Waals surface area contributed by atoms with Gasteiger partial charge in [0.25, 0.3) is 17.7 Å². The Morgan fingerprint density at radius 2 is 1.56 bits per heavy atom. The second kappa shape index (κ2) is 12.8. The largest absolute Gasteiger partial charge is 0.490 e. The van der Waals surface area contributed by atoms with Gasteiger partial charge >= 0.3 is 24.3 Å². The molecule has 0 spiro atoms. The lowest BCUT2D eigenvalue weighted by atomic mass is 9.95. The number of aliphatic carboxylic acids is 1. The number of fused-ring (bicyclic) bond motifs is 1. The number of carbonyl (C=O) groups excluding carboxylic acids is 4. The van der Waals surface area contributed by atoms with Crippen molar-refractivity contribution in [1.82, 2.24) is 26.3 Å². The SMILES string of the molecule is Cc1cc(COc2ccc(C(=O)NCC3(NC(=O)O)C(=O)NC(=O)NC3=O)cc2)c2ccccc2n1.O=C(O)C(F)(F)F. The molecular formula is C26H22F3N5O9. The van der Waals surface area contributed by atoms with Crippen LogP contribution in [0.25, 0.3) is 10.9 Å². The fourth-order valence-electron chi connectivity index (χ4n) is 3.75. The molecule has 1 fully saturated rings. The molecule has 1 aliphatic rings. The highest BCUT2D eigenvalue weighted by Crippen LogP contribution is 2.21. The van der Waals surface area contributed by atoms with Gasteiger partial charge < -0.3 is 20.3 Å². The summed E-state index contributed by atoms with van der Waals surface area (Å²) in [6.45, 7) is 1.45. The number of imide groups is 2. The minimum absolute atomic E-state index is 0.172. The third-order valence-electron chi connectivity index (χ3n) is 5.75. The van der Waals surface area contributed by atoms with Crippen molar-refractivity contribution >= 4 is 46.7 Å². The average Bonchev–Trinajstić information content (AvgIpc) is 2.92. The van der Waals surface area contributed by atoms with Gasteiger partial charge in [0.05, 0.1) is 12.1 Å². The zero-order valence-corrected chi connectivity index (χ0v) is 21.9. The van der Waals surface area contributed by atoms with Crippen LogP contribution in [0.5, 0.6) is 5.75 Å². The van der Waals surface area contributed by atoms with E-state index in [2.05, 4.69) is 10.3 Å². The minimum Gasteiger partial charge on any atom is -0.489 e. The summed E-state index contributed by atoms with van der Waals surface area (Å²) in [7, 11) is 0. The molecule has 2 aromatic carbocycles. The van der Waals surface area contributed by atoms with E-state index in [1.54, 1.807) is 17.4 Å². The van der Waals surface area contributed by atoms with Crippen LogP contribution in [-0.4, -0.2) is 69.3 Å². The maximum atomic E-state index is 12.6. The van der Waals surface area contributed by atoms with Crippen molar-refractivity contribution in [2.45, 2.75) is 25.2 Å². The second-order valence-electron chi connectivity index (χ2n) is 8.81. The summed E-state index contributed by atoms with van der Waals surface area (Å²) in [4.78, 5) is 73.0. The first-order valence-corrected chi connectivity index (χ1v) is 12.0. The number of alkyl halides is 3. The van der Waals surface area contributed by atoms with Crippen molar-refractivity contribution in [2.24, 2.45) is 0 Å². The van der Waals surface area contributed by atoms with E-state index in [1.807, 2.05) is 47.9 Å². The molecule has 14 nitrogen and oxygen atoms in total. The number of rotatable bonds is 7. The number of hydrogen-bond acceptors (Lipinski definition) is 8. The monoisotopic (exact) mass is 605 g/mol. The van der Waals surface area contributed by atoms with Crippen molar-refractivity contribution in [3.63, 3.8) is 0 Å². The number of urea groups is 1. The lowest BCUT2D eigenvalue weighted by Gasteiger charge is -2.33. The van der Waals surface area contributed by atoms with Crippen LogP contribution in [0, 0.1) is 6.92 Å². The van der Waals surface area contributed by atoms with Gasteiger partial charge in [-0.25, -0.2) is 14.4 Å². The van der Waals surface area contributed by atoms with Crippen LogP contribution in [0.4, 0.5) is 22.8 Å². The summed E-state index contributed by atoms with van der Waals surface area (Å²) >= 11 is 0. The maximum absolute atomic E-state index is 12.6. The fourth-order valence-corrected chi connectivity index (χ4v) is 3.75. The Labute approximate surface area is 239 Å². The van der Waals surface area contributed by atoms with Gasteiger partial charge in [-0.15, -0.1) is 0 Å². The molecule has 43 heavy (non-hydrogen) atoms. The molecule has 2 heterocycles. The van der Waals surface area contributed by atoms with E-state index >= 15 is 0 Å². The van der Waals surface area contributed by atoms with Crippen LogP contribution < -0.4 is 26.0 Å². The van der Waals surface area contributed by atoms with Crippen LogP contribution in [-0.2, 0) is 21.0 Å². The number of hydrogen-bond donors (Lipinski definition) is 6. The number of carboxylic acids is 1. The summed E-state index contributed by atoms with van der Waals surface area (Å²) in [5.74, 6) is -5.35. The number of ether oxygens (including phenoxy) is 1. The van der Waals surface area contributed by atoms with Gasteiger partial charge in [-0.05, 0) is 43.3 Å². The number of pyridine rings is 1. The smallest absolute Gasteiger partial charge is 0.489 e. The van der Waals surface area contributed by atoms with Crippen molar-refractivity contribution in [2.75, 3.05) is 6.54 Å². The van der Waals surface area contributed by atoms with Crippen LogP contribution in [0.2, 0.25) is 0 Å². The van der Waals surface area contributed by atoms with E-state index in [-0.39, 0.29) is 12.2 Å². The number of aromatic nitrogens is 1. The number of benzene rings is 2. The number of nitrogens with zero attached hydrogens (tertiary/aromatic N) is 1. The summed E-state index contributed by atoms with van der Waals surface area (Å²) in [5.41, 5.74) is 0.440. The third kappa shape index (κ3) is 7.93. The molecule has 0 saturated carbocycles. The van der Waals surface area contributed by atoms with Crippen LogP contribution in [0.1, 0.15) is 21.6 Å². The predicted octanol–water partition coefficient (Wildman–Crippen LogP) is 1.86. The van der Waals surface area contributed by atoms with E-state index in [0.717, 1.165) is 22.2 Å². The van der Waals surface area contributed by atoms with Gasteiger partial charge in [0.2, 0.25) is 5.54 Å². The van der Waals surface area contributed by atoms with E-state index in [9.17, 15) is 37.1 Å². The minimum atomic E-state index is -5.08. The van der Waals surface area contributed by atoms with Gasteiger partial charge in [-0.2, -0.15) is 13.2 Å². The number of halogens is 3. The van der Waals surface area contributed by atoms with Gasteiger partial charge in [0.1, 0.15) is 12.4 Å². The molecule has 1 saturated heterocycles. The average molecular weight is 605 g/mol. The van der Waals surface area contributed by atoms with E-state index < -0.39 is 54.1 Å². The summed E-state index contributed by atoms with van der Waals surface area (Å²) in [6, 6.07) is 14.7. The Kier molecular flexibility index (Phi) is 9.49. The normalized spacial score (nSPS) is 14.0. The van der Waals surface area contributed by atoms with E-state index in [0.29, 0.717) is 5.75 Å². The van der Waals surface area contributed by atoms with Crippen LogP contribution in [0.15, 0.2) is 54.6 Å². The lowest BCUT2D eigenvalue weighted by Crippen LogP contribution is -2.76. The Morgan fingerprint density at radius 3 is 2.12 bits per heavy atom. The Balaban J connectivity index is 0.000000646. The highest BCUT2D eigenvalue weighted by Gasteiger charge is 2.52.